The van der Waals surface area contributed by atoms with Crippen LogP contribution >= 0.6 is 47.0 Å². The normalized spacial score (nSPS) is 12.5. The number of hydrogen-bond donors (Lipinski definition) is 4. The van der Waals surface area contributed by atoms with E-state index in [0.29, 0.717) is 5.69 Å². The summed E-state index contributed by atoms with van der Waals surface area (Å²) in [5.74, 6) is -0.757. The molecule has 166 valence electrons. The number of sulfonamides is 1. The maximum absolute atomic E-state index is 12.5. The molecule has 0 aliphatic rings. The molecule has 0 spiro atoms. The quantitative estimate of drug-likeness (QED) is 0.147. The van der Waals surface area contributed by atoms with E-state index in [9.17, 15) is 23.3 Å². The average Bonchev–Trinajstić information content (AvgIpc) is 2.66. The van der Waals surface area contributed by atoms with E-state index in [2.05, 4.69) is 16.0 Å². The molecule has 10 nitrogen and oxygen atoms in total. The Morgan fingerprint density at radius 1 is 1.13 bits per heavy atom. The zero-order valence-electron chi connectivity index (χ0n) is 15.2. The highest BCUT2D eigenvalue weighted by molar-refractivity contribution is 7.89. The van der Waals surface area contributed by atoms with Gasteiger partial charge in [0.05, 0.1) is 9.82 Å². The molecule has 0 saturated carbocycles. The molecule has 0 unspecified atom stereocenters. The average molecular weight is 527 g/mol. The van der Waals surface area contributed by atoms with E-state index in [4.69, 9.17) is 52.2 Å². The number of halogens is 3. The Balaban J connectivity index is 2.11. The molecule has 0 radical (unpaired) electrons. The molecule has 0 aliphatic heterocycles. The second-order valence-corrected chi connectivity index (χ2v) is 10.3. The molecule has 2 aromatic rings. The fourth-order valence-electron chi connectivity index (χ4n) is 2.20. The van der Waals surface area contributed by atoms with Crippen LogP contribution in [0.15, 0.2) is 53.4 Å². The maximum atomic E-state index is 12.5. The largest absolute Gasteiger partial charge is 0.339 e. The Hall–Kier alpha value is -2.22. The molecular weight excluding hydrogens is 513 g/mol. The molecule has 0 fully saturated rings. The minimum absolute atomic E-state index is 0.0345. The number of alkyl halides is 3. The molecule has 1 atom stereocenters. The molecule has 0 aromatic heterocycles. The Kier molecular flexibility index (Phi) is 8.03. The summed E-state index contributed by atoms with van der Waals surface area (Å²) in [4.78, 5) is 22.6. The zero-order chi connectivity index (χ0) is 23.4. The summed E-state index contributed by atoms with van der Waals surface area (Å²) < 4.78 is 20.5. The molecule has 0 aliphatic carbocycles. The SMILES string of the molecule is NS(=O)(=O)c1ccc(NC(=S)N[C@H](NC(=O)c2cccc([N+](=O)[O-])c2)C(Cl)(Cl)Cl)cc1. The molecule has 2 aromatic carbocycles. The molecule has 1 amide bonds. The number of nitrogens with zero attached hydrogens (tertiary/aromatic N) is 1. The number of nitro benzene ring substituents is 1. The number of nitro groups is 1. The zero-order valence-corrected chi connectivity index (χ0v) is 19.1. The lowest BCUT2D eigenvalue weighted by atomic mass is 10.2. The Labute approximate surface area is 197 Å². The Morgan fingerprint density at radius 2 is 1.74 bits per heavy atom. The number of nitrogens with one attached hydrogen (secondary N) is 3. The fourth-order valence-corrected chi connectivity index (χ4v) is 3.28. The van der Waals surface area contributed by atoms with Gasteiger partial charge in [-0.2, -0.15) is 0 Å². The van der Waals surface area contributed by atoms with Crippen LogP contribution < -0.4 is 21.1 Å². The summed E-state index contributed by atoms with van der Waals surface area (Å²) in [5, 5.41) is 23.6. The van der Waals surface area contributed by atoms with Gasteiger partial charge in [-0.05, 0) is 42.5 Å². The highest BCUT2D eigenvalue weighted by Crippen LogP contribution is 2.29. The number of primary sulfonamides is 1. The summed E-state index contributed by atoms with van der Waals surface area (Å²) in [6.07, 6.45) is -1.33. The van der Waals surface area contributed by atoms with E-state index in [0.717, 1.165) is 6.07 Å². The second-order valence-electron chi connectivity index (χ2n) is 5.92. The number of carbonyl (C=O) groups excluding carboxylic acids is 1. The van der Waals surface area contributed by atoms with E-state index in [-0.39, 0.29) is 21.3 Å². The van der Waals surface area contributed by atoms with Gasteiger partial charge in [0.2, 0.25) is 13.8 Å². The summed E-state index contributed by atoms with van der Waals surface area (Å²) in [6.45, 7) is 0. The number of non-ortho nitro benzene ring substituents is 1. The van der Waals surface area contributed by atoms with Crippen LogP contribution in [0, 0.1) is 10.1 Å². The highest BCUT2D eigenvalue weighted by Gasteiger charge is 2.35. The second kappa shape index (κ2) is 9.94. The van der Waals surface area contributed by atoms with Gasteiger partial charge < -0.3 is 16.0 Å². The summed E-state index contributed by atoms with van der Waals surface area (Å²) in [7, 11) is -3.85. The van der Waals surface area contributed by atoms with Crippen LogP contribution in [0.2, 0.25) is 0 Å². The van der Waals surface area contributed by atoms with Crippen molar-refractivity contribution < 1.29 is 18.1 Å². The third kappa shape index (κ3) is 7.45. The van der Waals surface area contributed by atoms with Crippen LogP contribution in [-0.2, 0) is 10.0 Å². The summed E-state index contributed by atoms with van der Waals surface area (Å²) in [5.41, 5.74) is 0.0665. The van der Waals surface area contributed by atoms with Gasteiger partial charge in [0, 0.05) is 23.4 Å². The van der Waals surface area contributed by atoms with Crippen LogP contribution in [0.5, 0.6) is 0 Å². The lowest BCUT2D eigenvalue weighted by Crippen LogP contribution is -2.56. The number of amides is 1. The van der Waals surface area contributed by atoms with Gasteiger partial charge in [0.15, 0.2) is 5.11 Å². The Morgan fingerprint density at radius 3 is 2.26 bits per heavy atom. The third-order valence-electron chi connectivity index (χ3n) is 3.64. The van der Waals surface area contributed by atoms with Crippen molar-refractivity contribution >= 4 is 79.4 Å². The van der Waals surface area contributed by atoms with Crippen molar-refractivity contribution in [3.8, 4) is 0 Å². The lowest BCUT2D eigenvalue weighted by Gasteiger charge is -2.27. The minimum Gasteiger partial charge on any atom is -0.339 e. The van der Waals surface area contributed by atoms with Gasteiger partial charge in [-0.3, -0.25) is 14.9 Å². The van der Waals surface area contributed by atoms with Crippen LogP contribution in [0.25, 0.3) is 0 Å². The first-order valence-corrected chi connectivity index (χ1v) is 11.2. The molecule has 15 heteroatoms. The van der Waals surface area contributed by atoms with Crippen molar-refractivity contribution in [1.29, 1.82) is 0 Å². The standard InChI is InChI=1S/C16H14Cl3N5O5S2/c17-16(18,19)14(22-13(25)9-2-1-3-11(8-9)24(26)27)23-15(30)21-10-4-6-12(7-5-10)31(20,28)29/h1-8,14H,(H,22,25)(H2,20,28,29)(H2,21,23,30)/t14-/m0/s1. The molecule has 2 rings (SSSR count). The van der Waals surface area contributed by atoms with Crippen molar-refractivity contribution in [2.75, 3.05) is 5.32 Å². The van der Waals surface area contributed by atoms with Gasteiger partial charge in [-0.15, -0.1) is 0 Å². The van der Waals surface area contributed by atoms with Gasteiger partial charge in [-0.25, -0.2) is 13.6 Å². The third-order valence-corrected chi connectivity index (χ3v) is 5.44. The first kappa shape index (κ1) is 25.0. The van der Waals surface area contributed by atoms with E-state index in [1.807, 2.05) is 0 Å². The van der Waals surface area contributed by atoms with Crippen molar-refractivity contribution in [3.05, 3.63) is 64.2 Å². The van der Waals surface area contributed by atoms with E-state index < -0.39 is 30.8 Å². The number of rotatable bonds is 6. The molecular formula is C16H14Cl3N5O5S2. The van der Waals surface area contributed by atoms with Crippen LogP contribution in [0.4, 0.5) is 11.4 Å². The van der Waals surface area contributed by atoms with Crippen molar-refractivity contribution in [1.82, 2.24) is 10.6 Å². The van der Waals surface area contributed by atoms with Crippen molar-refractivity contribution in [2.24, 2.45) is 5.14 Å². The van der Waals surface area contributed by atoms with E-state index in [1.165, 1.54) is 42.5 Å². The Bertz CT molecular complexity index is 1110. The van der Waals surface area contributed by atoms with Crippen LogP contribution in [0.1, 0.15) is 10.4 Å². The molecule has 31 heavy (non-hydrogen) atoms. The number of nitrogens with two attached hydrogens (primary N) is 1. The highest BCUT2D eigenvalue weighted by atomic mass is 35.6. The summed E-state index contributed by atoms with van der Waals surface area (Å²) >= 11 is 22.9. The maximum Gasteiger partial charge on any atom is 0.270 e. The molecule has 0 heterocycles. The monoisotopic (exact) mass is 525 g/mol. The summed E-state index contributed by atoms with van der Waals surface area (Å²) in [6, 6.07) is 10.3. The van der Waals surface area contributed by atoms with Gasteiger partial charge in [0.1, 0.15) is 6.17 Å². The van der Waals surface area contributed by atoms with Crippen molar-refractivity contribution in [3.63, 3.8) is 0 Å². The lowest BCUT2D eigenvalue weighted by molar-refractivity contribution is -0.384. The number of benzene rings is 2. The predicted molar refractivity (Wildman–Crippen MR) is 122 cm³/mol. The minimum atomic E-state index is -3.85. The molecule has 0 bridgehead atoms. The van der Waals surface area contributed by atoms with Crippen LogP contribution in [0.3, 0.4) is 0 Å². The van der Waals surface area contributed by atoms with E-state index >= 15 is 0 Å². The number of anilines is 1. The van der Waals surface area contributed by atoms with Gasteiger partial charge in [0.25, 0.3) is 11.6 Å². The first-order chi connectivity index (χ1) is 14.3. The van der Waals surface area contributed by atoms with Gasteiger partial charge >= 0.3 is 0 Å². The van der Waals surface area contributed by atoms with Gasteiger partial charge in [-0.1, -0.05) is 40.9 Å². The molecule has 0 saturated heterocycles. The first-order valence-electron chi connectivity index (χ1n) is 8.10. The fraction of sp³-hybridized carbons (Fsp3) is 0.125. The molecule has 5 N–H and O–H groups in total. The predicted octanol–water partition coefficient (Wildman–Crippen LogP) is 2.65. The van der Waals surface area contributed by atoms with Crippen LogP contribution in [-0.4, -0.2) is 34.3 Å². The topological polar surface area (TPSA) is 156 Å². The van der Waals surface area contributed by atoms with Crippen molar-refractivity contribution in [2.45, 2.75) is 14.9 Å². The number of thiocarbonyl (C=S) groups is 1. The van der Waals surface area contributed by atoms with E-state index in [1.54, 1.807) is 0 Å². The number of carbonyl (C=O) groups is 1. The number of hydrogen-bond acceptors (Lipinski definition) is 6. The smallest absolute Gasteiger partial charge is 0.270 e.